The van der Waals surface area contributed by atoms with Gasteiger partial charge in [-0.25, -0.2) is 4.98 Å². The number of nitrogens with zero attached hydrogens (tertiary/aromatic N) is 1. The summed E-state index contributed by atoms with van der Waals surface area (Å²) in [5, 5.41) is 24.2. The molecule has 7 atom stereocenters. The molecule has 0 saturated heterocycles. The number of aliphatic hydroxyl groups excluding tert-OH is 1. The topological polar surface area (TPSA) is 113 Å². The first kappa shape index (κ1) is 25.8. The molecule has 2 aromatic rings. The van der Waals surface area contributed by atoms with Crippen LogP contribution in [0.1, 0.15) is 52.9 Å². The average molecular weight is 537 g/mol. The van der Waals surface area contributed by atoms with Crippen LogP contribution in [-0.4, -0.2) is 55.8 Å². The maximum Gasteiger partial charge on any atom is 0.178 e. The van der Waals surface area contributed by atoms with Crippen LogP contribution in [0.25, 0.3) is 11.0 Å². The van der Waals surface area contributed by atoms with Crippen LogP contribution in [0.2, 0.25) is 0 Å². The summed E-state index contributed by atoms with van der Waals surface area (Å²) in [6.07, 6.45) is 7.94. The number of benzene rings is 1. The molecule has 0 radical (unpaired) electrons. The monoisotopic (exact) mass is 536 g/mol. The number of ether oxygens (including phenoxy) is 1. The van der Waals surface area contributed by atoms with Crippen molar-refractivity contribution in [1.82, 2.24) is 9.97 Å². The Kier molecular flexibility index (Phi) is 6.16. The van der Waals surface area contributed by atoms with Crippen LogP contribution < -0.4 is 4.74 Å². The molecule has 0 bridgehead atoms. The van der Waals surface area contributed by atoms with Gasteiger partial charge in [0.05, 0.1) is 29.5 Å². The van der Waals surface area contributed by atoms with E-state index in [0.717, 1.165) is 41.6 Å². The fourth-order valence-corrected chi connectivity index (χ4v) is 9.18. The number of ketones is 2. The van der Waals surface area contributed by atoms with E-state index < -0.39 is 17.1 Å². The molecule has 3 N–H and O–H groups in total. The highest BCUT2D eigenvalue weighted by atomic mass is 32.2. The number of carbonyl (C=O) groups excluding carboxylic acids is 2. The summed E-state index contributed by atoms with van der Waals surface area (Å²) >= 11 is 1.31. The predicted molar refractivity (Wildman–Crippen MR) is 146 cm³/mol. The van der Waals surface area contributed by atoms with E-state index in [1.807, 2.05) is 38.1 Å². The number of hydrogen-bond donors (Lipinski definition) is 3. The number of nitrogens with one attached hydrogen (secondary N) is 1. The third kappa shape index (κ3) is 3.74. The number of thioether (sulfide) groups is 1. The number of hydrogen-bond acceptors (Lipinski definition) is 7. The lowest BCUT2D eigenvalue weighted by molar-refractivity contribution is -0.174. The predicted octanol–water partition coefficient (Wildman–Crippen LogP) is 4.63. The normalized spacial score (nSPS) is 37.9. The Labute approximate surface area is 227 Å². The molecule has 5 unspecified atom stereocenters. The van der Waals surface area contributed by atoms with E-state index in [2.05, 4.69) is 16.9 Å². The van der Waals surface area contributed by atoms with Gasteiger partial charge < -0.3 is 19.9 Å². The fourth-order valence-electron chi connectivity index (χ4n) is 8.33. The lowest BCUT2D eigenvalue weighted by Gasteiger charge is -2.59. The molecule has 3 saturated carbocycles. The molecule has 0 aliphatic heterocycles. The highest BCUT2D eigenvalue weighted by molar-refractivity contribution is 7.99. The van der Waals surface area contributed by atoms with E-state index in [0.29, 0.717) is 24.6 Å². The zero-order valence-corrected chi connectivity index (χ0v) is 23.0. The Morgan fingerprint density at radius 3 is 2.89 bits per heavy atom. The van der Waals surface area contributed by atoms with Gasteiger partial charge in [-0.1, -0.05) is 37.3 Å². The van der Waals surface area contributed by atoms with Gasteiger partial charge in [0.15, 0.2) is 16.7 Å². The Morgan fingerprint density at radius 1 is 1.29 bits per heavy atom. The van der Waals surface area contributed by atoms with Gasteiger partial charge in [-0.2, -0.15) is 0 Å². The summed E-state index contributed by atoms with van der Waals surface area (Å²) in [5.41, 5.74) is 0.207. The molecular formula is C30H36N2O5S. The van der Waals surface area contributed by atoms with Crippen LogP contribution >= 0.6 is 11.8 Å². The second-order valence-corrected chi connectivity index (χ2v) is 12.9. The average Bonchev–Trinajstić information content (AvgIpc) is 3.40. The second kappa shape index (κ2) is 9.07. The minimum Gasteiger partial charge on any atom is -0.494 e. The Hall–Kier alpha value is -2.42. The van der Waals surface area contributed by atoms with Crippen LogP contribution in [0.15, 0.2) is 47.2 Å². The minimum atomic E-state index is -1.49. The molecule has 7 nitrogen and oxygen atoms in total. The summed E-state index contributed by atoms with van der Waals surface area (Å²) < 4.78 is 5.57. The molecule has 4 aliphatic rings. The quantitative estimate of drug-likeness (QED) is 0.461. The number of Topliss-reactive ketones (excluding diaryl/α,β-unsaturated/α-hetero) is 1. The van der Waals surface area contributed by atoms with Crippen molar-refractivity contribution in [2.75, 3.05) is 12.4 Å². The lowest BCUT2D eigenvalue weighted by Crippen LogP contribution is -2.61. The Morgan fingerprint density at radius 2 is 2.11 bits per heavy atom. The van der Waals surface area contributed by atoms with Gasteiger partial charge in [0, 0.05) is 22.8 Å². The highest BCUT2D eigenvalue weighted by Crippen LogP contribution is 2.67. The molecular weight excluding hydrogens is 500 g/mol. The van der Waals surface area contributed by atoms with Crippen molar-refractivity contribution in [2.45, 2.75) is 69.7 Å². The largest absolute Gasteiger partial charge is 0.494 e. The molecule has 1 aromatic carbocycles. The highest BCUT2D eigenvalue weighted by Gasteiger charge is 2.68. The number of fused-ring (bicyclic) bond motifs is 6. The smallest absolute Gasteiger partial charge is 0.178 e. The van der Waals surface area contributed by atoms with E-state index in [-0.39, 0.29) is 40.5 Å². The molecule has 1 aromatic heterocycles. The van der Waals surface area contributed by atoms with Gasteiger partial charge in [-0.3, -0.25) is 9.59 Å². The van der Waals surface area contributed by atoms with Crippen molar-refractivity contribution in [3.63, 3.8) is 0 Å². The van der Waals surface area contributed by atoms with Gasteiger partial charge in [0.1, 0.15) is 11.4 Å². The molecule has 6 rings (SSSR count). The molecule has 1 heterocycles. The number of aliphatic hydroxyl groups is 2. The molecule has 202 valence electrons. The number of H-pyrrole nitrogens is 1. The first-order chi connectivity index (χ1) is 18.1. The number of carbonyl (C=O) groups is 2. The van der Waals surface area contributed by atoms with Gasteiger partial charge in [0.25, 0.3) is 0 Å². The van der Waals surface area contributed by atoms with Crippen molar-refractivity contribution in [3.05, 3.63) is 42.0 Å². The van der Waals surface area contributed by atoms with Gasteiger partial charge in [-0.15, -0.1) is 0 Å². The standard InChI is InChI=1S/C30H36N2O5S/c1-4-37-19-6-8-22-23(14-19)32-27(31-22)38-16-25(35)30(36)12-10-21-20-7-5-17-13-18(33)9-11-28(17,2)26(20)24(34)15-29(21,30)3/h6,8-9,11,13-14,20-21,24,26,34,36H,4-5,7,10,12,15-16H2,1-3H3,(H,31,32)/t20?,21?,24-,26?,28?,29?,30-/m0/s1. The maximum atomic E-state index is 13.7. The van der Waals surface area contributed by atoms with E-state index in [4.69, 9.17) is 4.74 Å². The molecule has 4 aliphatic carbocycles. The third-order valence-corrected chi connectivity index (χ3v) is 11.1. The lowest BCUT2D eigenvalue weighted by atomic mass is 9.46. The zero-order valence-electron chi connectivity index (χ0n) is 22.2. The first-order valence-electron chi connectivity index (χ1n) is 13.7. The van der Waals surface area contributed by atoms with Crippen LogP contribution in [0, 0.1) is 28.6 Å². The van der Waals surface area contributed by atoms with Gasteiger partial charge >= 0.3 is 0 Å². The van der Waals surface area contributed by atoms with Crippen LogP contribution in [0.3, 0.4) is 0 Å². The SMILES string of the molecule is CCOc1ccc2nc(SCC(=O)[C@@]3(O)CCC4C5CCC6=CC(=O)C=CC6(C)C5[C@@H](O)CC43C)[nH]c2c1. The fraction of sp³-hybridized carbons (Fsp3) is 0.567. The molecule has 0 spiro atoms. The van der Waals surface area contributed by atoms with Crippen molar-refractivity contribution in [3.8, 4) is 5.75 Å². The number of imidazole rings is 1. The van der Waals surface area contributed by atoms with Crippen LogP contribution in [0.4, 0.5) is 0 Å². The summed E-state index contributed by atoms with van der Waals surface area (Å²) in [6.45, 7) is 6.67. The minimum absolute atomic E-state index is 0.0172. The first-order valence-corrected chi connectivity index (χ1v) is 14.7. The molecule has 0 amide bonds. The van der Waals surface area contributed by atoms with Crippen LogP contribution in [-0.2, 0) is 9.59 Å². The van der Waals surface area contributed by atoms with Crippen molar-refractivity contribution >= 4 is 34.4 Å². The van der Waals surface area contributed by atoms with Gasteiger partial charge in [-0.05, 0) is 75.1 Å². The van der Waals surface area contributed by atoms with Crippen molar-refractivity contribution < 1.29 is 24.5 Å². The summed E-state index contributed by atoms with van der Waals surface area (Å²) in [5.74, 6) is 1.00. The molecule has 8 heteroatoms. The summed E-state index contributed by atoms with van der Waals surface area (Å²) in [4.78, 5) is 33.6. The van der Waals surface area contributed by atoms with E-state index in [1.165, 1.54) is 11.8 Å². The zero-order chi connectivity index (χ0) is 26.9. The maximum absolute atomic E-state index is 13.7. The number of aromatic amines is 1. The molecule has 38 heavy (non-hydrogen) atoms. The van der Waals surface area contributed by atoms with E-state index in [1.54, 1.807) is 12.2 Å². The van der Waals surface area contributed by atoms with Crippen molar-refractivity contribution in [1.29, 1.82) is 0 Å². The Balaban J connectivity index is 1.21. The summed E-state index contributed by atoms with van der Waals surface area (Å²) in [6, 6.07) is 5.67. The number of allylic oxidation sites excluding steroid dienone is 4. The van der Waals surface area contributed by atoms with Gasteiger partial charge in [0.2, 0.25) is 0 Å². The third-order valence-electron chi connectivity index (χ3n) is 10.2. The van der Waals surface area contributed by atoms with E-state index in [9.17, 15) is 19.8 Å². The van der Waals surface area contributed by atoms with E-state index >= 15 is 0 Å². The second-order valence-electron chi connectivity index (χ2n) is 12.0. The molecule has 3 fully saturated rings. The number of rotatable bonds is 6. The van der Waals surface area contributed by atoms with Crippen molar-refractivity contribution in [2.24, 2.45) is 28.6 Å². The van der Waals surface area contributed by atoms with Crippen LogP contribution in [0.5, 0.6) is 5.75 Å². The summed E-state index contributed by atoms with van der Waals surface area (Å²) in [7, 11) is 0. The Bertz CT molecular complexity index is 1370. The number of aromatic nitrogens is 2.